The highest BCUT2D eigenvalue weighted by molar-refractivity contribution is 7.33. The average Bonchev–Trinajstić information content (AvgIpc) is 2.23. The first-order valence-corrected chi connectivity index (χ1v) is 6.87. The predicted octanol–water partition coefficient (Wildman–Crippen LogP) is 3.98. The van der Waals surface area contributed by atoms with Crippen LogP contribution in [-0.4, -0.2) is 19.0 Å². The molecule has 1 aromatic heterocycles. The van der Waals surface area contributed by atoms with Crippen LogP contribution in [0.1, 0.15) is 11.1 Å². The van der Waals surface area contributed by atoms with Crippen molar-refractivity contribution >= 4 is 34.0 Å². The maximum Gasteiger partial charge on any atom is 0.204 e. The fourth-order valence-electron chi connectivity index (χ4n) is 1.52. The molecule has 0 aliphatic heterocycles. The Hall–Kier alpha value is -1.04. The summed E-state index contributed by atoms with van der Waals surface area (Å²) in [5.74, 6) is 0.324. The number of halogens is 2. The predicted molar refractivity (Wildman–Crippen MR) is 72.0 cm³/mol. The second-order valence-electron chi connectivity index (χ2n) is 3.69. The Morgan fingerprint density at radius 2 is 1.88 bits per heavy atom. The lowest BCUT2D eigenvalue weighted by Gasteiger charge is -2.03. The zero-order valence-electron chi connectivity index (χ0n) is 9.29. The van der Waals surface area contributed by atoms with Crippen LogP contribution in [0.15, 0.2) is 17.5 Å². The molecule has 0 aliphatic rings. The van der Waals surface area contributed by atoms with Crippen molar-refractivity contribution in [1.29, 1.82) is 0 Å². The van der Waals surface area contributed by atoms with Crippen molar-refractivity contribution in [3.8, 4) is 10.6 Å². The van der Waals surface area contributed by atoms with Crippen molar-refractivity contribution < 1.29 is 5.11 Å². The summed E-state index contributed by atoms with van der Waals surface area (Å²) in [6.07, 6.45) is 0. The van der Waals surface area contributed by atoms with Crippen LogP contribution in [0.25, 0.3) is 4.90 Å². The summed E-state index contributed by atoms with van der Waals surface area (Å²) in [7, 11) is -0.421. The first kappa shape index (κ1) is 12.4. The summed E-state index contributed by atoms with van der Waals surface area (Å²) in [5, 5.41) is 14.7. The number of benzene rings is 1. The molecule has 1 heterocycles. The van der Waals surface area contributed by atoms with Gasteiger partial charge >= 0.3 is 0 Å². The van der Waals surface area contributed by atoms with Crippen molar-refractivity contribution in [3.63, 3.8) is 0 Å². The molecule has 0 saturated heterocycles. The van der Waals surface area contributed by atoms with Gasteiger partial charge in [0.05, 0.1) is 11.8 Å². The second kappa shape index (κ2) is 4.68. The van der Waals surface area contributed by atoms with Gasteiger partial charge in [-0.05, 0) is 25.0 Å². The number of H-pyrrole nitrogens is 2. The van der Waals surface area contributed by atoms with Crippen LogP contribution in [0.3, 0.4) is 0 Å². The van der Waals surface area contributed by atoms with E-state index in [4.69, 9.17) is 23.4 Å². The van der Waals surface area contributed by atoms with Crippen LogP contribution in [0, 0.1) is 13.8 Å². The molecular weight excluding hydrogens is 281 g/mol. The minimum absolute atomic E-state index is 0.324. The maximum atomic E-state index is 9.73. The number of aromatic hydroxyl groups is 1. The van der Waals surface area contributed by atoms with Gasteiger partial charge in [0.25, 0.3) is 0 Å². The zero-order chi connectivity index (χ0) is 12.6. The van der Waals surface area contributed by atoms with Crippen LogP contribution < -0.4 is 0 Å². The highest BCUT2D eigenvalue weighted by Crippen LogP contribution is 2.33. The summed E-state index contributed by atoms with van der Waals surface area (Å²) in [6, 6.07) is 3.82. The highest BCUT2D eigenvalue weighted by Gasteiger charge is 2.14. The summed E-state index contributed by atoms with van der Waals surface area (Å²) in [5.41, 5.74) is 1.66. The minimum atomic E-state index is -0.421. The number of aromatic amines is 2. The van der Waals surface area contributed by atoms with Gasteiger partial charge in [0.15, 0.2) is 5.15 Å². The monoisotopic (exact) mass is 292 g/mol. The molecule has 1 unspecified atom stereocenters. The summed E-state index contributed by atoms with van der Waals surface area (Å²) in [4.78, 5) is 1.02. The molecule has 0 radical (unpaired) electrons. The molecule has 4 nitrogen and oxygen atoms in total. The van der Waals surface area contributed by atoms with Crippen LogP contribution in [0.2, 0.25) is 5.15 Å². The van der Waals surface area contributed by atoms with Crippen molar-refractivity contribution in [2.24, 2.45) is 0 Å². The quantitative estimate of drug-likeness (QED) is 0.684. The van der Waals surface area contributed by atoms with Gasteiger partial charge in [-0.1, -0.05) is 20.4 Å². The second-order valence-corrected chi connectivity index (χ2v) is 6.00. The SMILES string of the molecule is Cc1cc(-[s+]2cc(Cl)[nH]n(Cl)[nH]2)cc(C)c1O. The number of rotatable bonds is 1. The molecule has 3 N–H and O–H groups in total. The van der Waals surface area contributed by atoms with E-state index in [0.717, 1.165) is 16.0 Å². The van der Waals surface area contributed by atoms with E-state index in [1.165, 1.54) is 4.32 Å². The Kier molecular flexibility index (Phi) is 3.42. The van der Waals surface area contributed by atoms with E-state index in [9.17, 15) is 5.11 Å². The highest BCUT2D eigenvalue weighted by atomic mass is 35.5. The van der Waals surface area contributed by atoms with Crippen molar-refractivity contribution in [2.45, 2.75) is 13.8 Å². The van der Waals surface area contributed by atoms with Crippen LogP contribution in [-0.2, 0) is 0 Å². The van der Waals surface area contributed by atoms with E-state index in [1.54, 1.807) is 0 Å². The zero-order valence-corrected chi connectivity index (χ0v) is 11.6. The van der Waals surface area contributed by atoms with Gasteiger partial charge in [0.2, 0.25) is 10.3 Å². The smallest absolute Gasteiger partial charge is 0.204 e. The normalized spacial score (nSPS) is 11.6. The molecular formula is C10H12Cl2N3OS+. The molecule has 0 spiro atoms. The maximum absolute atomic E-state index is 9.73. The van der Waals surface area contributed by atoms with E-state index >= 15 is 0 Å². The lowest BCUT2D eigenvalue weighted by molar-refractivity contribution is 0.467. The third kappa shape index (κ3) is 2.62. The lowest BCUT2D eigenvalue weighted by Crippen LogP contribution is -1.95. The molecule has 17 heavy (non-hydrogen) atoms. The van der Waals surface area contributed by atoms with E-state index < -0.39 is 10.7 Å². The lowest BCUT2D eigenvalue weighted by atomic mass is 10.1. The third-order valence-corrected chi connectivity index (χ3v) is 4.51. The van der Waals surface area contributed by atoms with Crippen molar-refractivity contribution in [3.05, 3.63) is 33.8 Å². The van der Waals surface area contributed by atoms with Crippen LogP contribution >= 0.6 is 34.0 Å². The Balaban J connectivity index is 2.60. The number of phenols is 1. The largest absolute Gasteiger partial charge is 0.507 e. The molecule has 0 amide bonds. The van der Waals surface area contributed by atoms with Gasteiger partial charge in [-0.25, -0.2) is 0 Å². The molecule has 2 rings (SSSR count). The fourth-order valence-corrected chi connectivity index (χ4v) is 3.61. The van der Waals surface area contributed by atoms with Gasteiger partial charge in [0.1, 0.15) is 16.4 Å². The molecule has 0 aliphatic carbocycles. The summed E-state index contributed by atoms with van der Waals surface area (Å²) >= 11 is 11.7. The Bertz CT molecular complexity index is 549. The number of nitrogens with zero attached hydrogens (tertiary/aromatic N) is 1. The van der Waals surface area contributed by atoms with Gasteiger partial charge in [0, 0.05) is 12.1 Å². The van der Waals surface area contributed by atoms with Crippen LogP contribution in [0.4, 0.5) is 0 Å². The van der Waals surface area contributed by atoms with E-state index in [2.05, 4.69) is 9.59 Å². The Labute approximate surface area is 111 Å². The Morgan fingerprint density at radius 1 is 1.29 bits per heavy atom. The molecule has 7 heteroatoms. The van der Waals surface area contributed by atoms with Crippen molar-refractivity contribution in [1.82, 2.24) is 13.9 Å². The van der Waals surface area contributed by atoms with E-state index in [1.807, 2.05) is 31.4 Å². The topological polar surface area (TPSA) is 56.7 Å². The Morgan fingerprint density at radius 3 is 2.41 bits per heavy atom. The number of aromatic nitrogens is 3. The average molecular weight is 293 g/mol. The van der Waals surface area contributed by atoms with Gasteiger partial charge in [-0.15, -0.1) is 0 Å². The number of aryl methyl sites for hydroxylation is 2. The van der Waals surface area contributed by atoms with Gasteiger partial charge < -0.3 is 5.11 Å². The number of hydrogen-bond acceptors (Lipinski definition) is 1. The number of phenolic OH excluding ortho intramolecular Hbond substituents is 1. The molecule has 2 aromatic rings. The van der Waals surface area contributed by atoms with E-state index in [0.29, 0.717) is 10.9 Å². The summed E-state index contributed by atoms with van der Waals surface area (Å²) in [6.45, 7) is 3.72. The molecule has 92 valence electrons. The first-order chi connectivity index (χ1) is 7.97. The molecule has 1 aromatic carbocycles. The summed E-state index contributed by atoms with van der Waals surface area (Å²) < 4.78 is 4.21. The molecule has 0 bridgehead atoms. The molecule has 1 atom stereocenters. The fraction of sp³-hybridized carbons (Fsp3) is 0.200. The van der Waals surface area contributed by atoms with Gasteiger partial charge in [-0.3, -0.25) is 5.10 Å². The number of hydrogen-bond donors (Lipinski definition) is 3. The third-order valence-electron chi connectivity index (χ3n) is 2.32. The number of nitrogens with one attached hydrogen (secondary N) is 2. The van der Waals surface area contributed by atoms with Gasteiger partial charge in [-0.2, -0.15) is 0 Å². The first-order valence-electron chi connectivity index (χ1n) is 4.87. The van der Waals surface area contributed by atoms with Crippen molar-refractivity contribution in [2.75, 3.05) is 0 Å². The standard InChI is InChI=1S/C10H11Cl2N3OS/c1-6-3-8(4-7(2)10(6)16)17-5-9(11)13-15(12)14-17/h3-5,13-14H,1-2H3/p+1. The molecule has 0 saturated carbocycles. The van der Waals surface area contributed by atoms with Crippen LogP contribution in [0.5, 0.6) is 5.75 Å². The minimum Gasteiger partial charge on any atom is -0.507 e. The van der Waals surface area contributed by atoms with E-state index in [-0.39, 0.29) is 0 Å². The molecule has 0 fully saturated rings.